The summed E-state index contributed by atoms with van der Waals surface area (Å²) in [7, 11) is 1.40. The van der Waals surface area contributed by atoms with E-state index in [0.29, 0.717) is 18.9 Å². The van der Waals surface area contributed by atoms with Crippen LogP contribution in [-0.2, 0) is 14.3 Å². The number of carbonyl (C=O) groups is 2. The highest BCUT2D eigenvalue weighted by molar-refractivity contribution is 5.76. The van der Waals surface area contributed by atoms with Gasteiger partial charge in [-0.05, 0) is 31.8 Å². The highest BCUT2D eigenvalue weighted by atomic mass is 16.5. The minimum Gasteiger partial charge on any atom is -0.468 e. The van der Waals surface area contributed by atoms with Gasteiger partial charge in [-0.25, -0.2) is 0 Å². The summed E-state index contributed by atoms with van der Waals surface area (Å²) in [5, 5.41) is 3.35. The van der Waals surface area contributed by atoms with Crippen LogP contribution >= 0.6 is 0 Å². The fourth-order valence-corrected chi connectivity index (χ4v) is 2.88. The number of carbonyl (C=O) groups excluding carboxylic acids is 2. The molecule has 2 saturated heterocycles. The second kappa shape index (κ2) is 7.59. The van der Waals surface area contributed by atoms with Gasteiger partial charge >= 0.3 is 5.97 Å². The molecule has 2 rings (SSSR count). The van der Waals surface area contributed by atoms with Crippen LogP contribution in [0.25, 0.3) is 0 Å². The van der Waals surface area contributed by atoms with Gasteiger partial charge in [-0.1, -0.05) is 0 Å². The topological polar surface area (TPSA) is 61.9 Å². The minimum atomic E-state index is -0.210. The lowest BCUT2D eigenvalue weighted by atomic mass is 9.95. The maximum absolute atomic E-state index is 12.2. The molecular formula is C14H25N3O3. The molecule has 114 valence electrons. The number of piperidine rings is 1. The van der Waals surface area contributed by atoms with Gasteiger partial charge in [-0.2, -0.15) is 0 Å². The summed E-state index contributed by atoms with van der Waals surface area (Å²) in [5.74, 6) is 0.541. The summed E-state index contributed by atoms with van der Waals surface area (Å²) in [6.07, 6.45) is 2.98. The zero-order valence-electron chi connectivity index (χ0n) is 12.3. The number of nitrogens with one attached hydrogen (secondary N) is 1. The van der Waals surface area contributed by atoms with Crippen molar-refractivity contribution in [3.63, 3.8) is 0 Å². The monoisotopic (exact) mass is 283 g/mol. The van der Waals surface area contributed by atoms with Crippen molar-refractivity contribution in [3.8, 4) is 0 Å². The molecule has 0 aromatic carbocycles. The van der Waals surface area contributed by atoms with E-state index in [1.54, 1.807) is 0 Å². The van der Waals surface area contributed by atoms with Crippen LogP contribution in [0, 0.1) is 5.92 Å². The number of nitrogens with zero attached hydrogens (tertiary/aromatic N) is 2. The molecule has 2 heterocycles. The predicted octanol–water partition coefficient (Wildman–Crippen LogP) is -0.307. The molecule has 20 heavy (non-hydrogen) atoms. The highest BCUT2D eigenvalue weighted by Crippen LogP contribution is 2.16. The maximum atomic E-state index is 12.2. The molecule has 0 saturated carbocycles. The van der Waals surface area contributed by atoms with E-state index in [4.69, 9.17) is 0 Å². The van der Waals surface area contributed by atoms with Crippen LogP contribution in [0.3, 0.4) is 0 Å². The third-order valence-electron chi connectivity index (χ3n) is 4.17. The van der Waals surface area contributed by atoms with Gasteiger partial charge in [0.15, 0.2) is 0 Å². The van der Waals surface area contributed by atoms with Crippen LogP contribution in [0.2, 0.25) is 0 Å². The van der Waals surface area contributed by atoms with Crippen LogP contribution in [0.1, 0.15) is 19.3 Å². The normalized spacial score (nSPS) is 24.4. The molecule has 6 nitrogen and oxygen atoms in total. The van der Waals surface area contributed by atoms with Crippen molar-refractivity contribution in [2.75, 3.05) is 52.9 Å². The van der Waals surface area contributed by atoms with Crippen molar-refractivity contribution in [2.24, 2.45) is 5.92 Å². The summed E-state index contributed by atoms with van der Waals surface area (Å²) in [5.41, 5.74) is 0. The first kappa shape index (κ1) is 15.3. The summed E-state index contributed by atoms with van der Waals surface area (Å²) < 4.78 is 4.66. The fraction of sp³-hybridized carbons (Fsp3) is 0.857. The van der Waals surface area contributed by atoms with E-state index in [1.807, 2.05) is 9.80 Å². The largest absolute Gasteiger partial charge is 0.468 e. The van der Waals surface area contributed by atoms with E-state index in [1.165, 1.54) is 13.5 Å². The number of methoxy groups -OCH3 is 1. The molecule has 1 unspecified atom stereocenters. The molecule has 1 N–H and O–H groups in total. The first-order valence-electron chi connectivity index (χ1n) is 7.46. The van der Waals surface area contributed by atoms with Gasteiger partial charge in [0.2, 0.25) is 5.91 Å². The fourth-order valence-electron chi connectivity index (χ4n) is 2.88. The molecule has 0 radical (unpaired) electrons. The zero-order chi connectivity index (χ0) is 14.4. The van der Waals surface area contributed by atoms with Crippen molar-refractivity contribution in [1.29, 1.82) is 0 Å². The van der Waals surface area contributed by atoms with Gasteiger partial charge in [0.1, 0.15) is 0 Å². The number of ether oxygens (including phenoxy) is 1. The lowest BCUT2D eigenvalue weighted by molar-refractivity contribution is -0.142. The van der Waals surface area contributed by atoms with Crippen LogP contribution in [0.5, 0.6) is 0 Å². The van der Waals surface area contributed by atoms with Crippen LogP contribution in [-0.4, -0.2) is 74.6 Å². The Labute approximate surface area is 120 Å². The summed E-state index contributed by atoms with van der Waals surface area (Å²) in [6, 6.07) is 0. The average Bonchev–Trinajstić information content (AvgIpc) is 2.49. The Morgan fingerprint density at radius 2 is 2.00 bits per heavy atom. The van der Waals surface area contributed by atoms with Gasteiger partial charge in [-0.3, -0.25) is 14.5 Å². The van der Waals surface area contributed by atoms with E-state index in [9.17, 15) is 9.59 Å². The SMILES string of the molecule is COC(=O)CN1CCN(C(=O)CC2CCCNC2)CC1. The molecule has 0 bridgehead atoms. The standard InChI is InChI=1S/C14H25N3O3/c1-20-14(19)11-16-5-7-17(8-6-16)13(18)9-12-3-2-4-15-10-12/h12,15H,2-11H2,1H3. The van der Waals surface area contributed by atoms with Gasteiger partial charge < -0.3 is 15.0 Å². The van der Waals surface area contributed by atoms with E-state index >= 15 is 0 Å². The predicted molar refractivity (Wildman–Crippen MR) is 75.2 cm³/mol. The van der Waals surface area contributed by atoms with E-state index in [2.05, 4.69) is 10.1 Å². The van der Waals surface area contributed by atoms with Crippen molar-refractivity contribution in [1.82, 2.24) is 15.1 Å². The first-order valence-corrected chi connectivity index (χ1v) is 7.46. The molecular weight excluding hydrogens is 258 g/mol. The van der Waals surface area contributed by atoms with Crippen molar-refractivity contribution in [3.05, 3.63) is 0 Å². The molecule has 0 aromatic heterocycles. The molecule has 2 aliphatic heterocycles. The summed E-state index contributed by atoms with van der Waals surface area (Å²) >= 11 is 0. The molecule has 2 aliphatic rings. The van der Waals surface area contributed by atoms with Crippen LogP contribution < -0.4 is 5.32 Å². The molecule has 0 aromatic rings. The van der Waals surface area contributed by atoms with E-state index in [-0.39, 0.29) is 11.9 Å². The van der Waals surface area contributed by atoms with Gasteiger partial charge in [0, 0.05) is 32.6 Å². The van der Waals surface area contributed by atoms with E-state index < -0.39 is 0 Å². The first-order chi connectivity index (χ1) is 9.69. The Hall–Kier alpha value is -1.14. The highest BCUT2D eigenvalue weighted by Gasteiger charge is 2.25. The Bertz CT molecular complexity index is 335. The molecule has 1 amide bonds. The van der Waals surface area contributed by atoms with Crippen molar-refractivity contribution >= 4 is 11.9 Å². The second-order valence-electron chi connectivity index (χ2n) is 5.65. The number of hydrogen-bond donors (Lipinski definition) is 1. The third-order valence-corrected chi connectivity index (χ3v) is 4.17. The lowest BCUT2D eigenvalue weighted by Gasteiger charge is -2.35. The second-order valence-corrected chi connectivity index (χ2v) is 5.65. The number of amides is 1. The molecule has 0 aliphatic carbocycles. The minimum absolute atomic E-state index is 0.210. The average molecular weight is 283 g/mol. The number of piperazine rings is 1. The third kappa shape index (κ3) is 4.45. The molecule has 1 atom stereocenters. The quantitative estimate of drug-likeness (QED) is 0.717. The van der Waals surface area contributed by atoms with E-state index in [0.717, 1.165) is 45.7 Å². The smallest absolute Gasteiger partial charge is 0.319 e. The molecule has 0 spiro atoms. The van der Waals surface area contributed by atoms with Gasteiger partial charge in [0.05, 0.1) is 13.7 Å². The Balaban J connectivity index is 1.69. The Morgan fingerprint density at radius 3 is 2.60 bits per heavy atom. The number of rotatable bonds is 4. The maximum Gasteiger partial charge on any atom is 0.319 e. The number of hydrogen-bond acceptors (Lipinski definition) is 5. The lowest BCUT2D eigenvalue weighted by Crippen LogP contribution is -2.50. The Kier molecular flexibility index (Phi) is 5.79. The van der Waals surface area contributed by atoms with Crippen LogP contribution in [0.4, 0.5) is 0 Å². The van der Waals surface area contributed by atoms with Crippen molar-refractivity contribution < 1.29 is 14.3 Å². The van der Waals surface area contributed by atoms with Crippen LogP contribution in [0.15, 0.2) is 0 Å². The van der Waals surface area contributed by atoms with Crippen molar-refractivity contribution in [2.45, 2.75) is 19.3 Å². The summed E-state index contributed by atoms with van der Waals surface area (Å²) in [4.78, 5) is 27.4. The van der Waals surface area contributed by atoms with Gasteiger partial charge in [0.25, 0.3) is 0 Å². The van der Waals surface area contributed by atoms with Gasteiger partial charge in [-0.15, -0.1) is 0 Å². The number of esters is 1. The molecule has 6 heteroatoms. The zero-order valence-corrected chi connectivity index (χ0v) is 12.3. The molecule has 2 fully saturated rings. The Morgan fingerprint density at radius 1 is 1.25 bits per heavy atom. The summed E-state index contributed by atoms with van der Waals surface area (Å²) in [6.45, 7) is 5.31.